The van der Waals surface area contributed by atoms with Crippen LogP contribution in [-0.2, 0) is 16.2 Å². The Labute approximate surface area is 185 Å². The lowest BCUT2D eigenvalue weighted by molar-refractivity contribution is -0.128. The smallest absolute Gasteiger partial charge is 0.265 e. The van der Waals surface area contributed by atoms with Crippen LogP contribution in [0.5, 0.6) is 11.5 Å². The third-order valence-corrected chi connectivity index (χ3v) is 5.11. The van der Waals surface area contributed by atoms with Crippen LogP contribution in [0.2, 0.25) is 5.02 Å². The number of halogens is 1. The summed E-state index contributed by atoms with van der Waals surface area (Å²) in [5.41, 5.74) is 2.65. The van der Waals surface area contributed by atoms with Gasteiger partial charge in [-0.2, -0.15) is 0 Å². The molecule has 8 heteroatoms. The van der Waals surface area contributed by atoms with Crippen molar-refractivity contribution in [2.24, 2.45) is 0 Å². The van der Waals surface area contributed by atoms with Crippen molar-refractivity contribution in [1.82, 2.24) is 10.2 Å². The standard InChI is InChI=1S/C22H21ClN2O4S/c1-4-28-18-11-15(9-16-20(26)24-22(30)25(3)21(16)27)10-17(23)19(18)29-12-14-7-5-13(2)6-8-14/h5-11H,4,12H2,1-3H3,(H,24,26,30)/b16-9+. The molecule has 2 aromatic rings. The first-order chi connectivity index (χ1) is 14.3. The highest BCUT2D eigenvalue weighted by Gasteiger charge is 2.30. The number of nitrogens with one attached hydrogen (secondary N) is 1. The van der Waals surface area contributed by atoms with Gasteiger partial charge in [0, 0.05) is 7.05 Å². The zero-order chi connectivity index (χ0) is 21.8. The molecular formula is C22H21ClN2O4S. The molecule has 0 atom stereocenters. The van der Waals surface area contributed by atoms with E-state index in [1.54, 1.807) is 12.1 Å². The van der Waals surface area contributed by atoms with Crippen LogP contribution in [0.15, 0.2) is 42.0 Å². The number of nitrogens with zero attached hydrogens (tertiary/aromatic N) is 1. The normalized spacial score (nSPS) is 15.4. The maximum atomic E-state index is 12.4. The second-order valence-electron chi connectivity index (χ2n) is 6.72. The van der Waals surface area contributed by atoms with Gasteiger partial charge in [0.1, 0.15) is 12.2 Å². The summed E-state index contributed by atoms with van der Waals surface area (Å²) >= 11 is 11.4. The van der Waals surface area contributed by atoms with E-state index in [0.29, 0.717) is 35.3 Å². The molecule has 1 aliphatic heterocycles. The highest BCUT2D eigenvalue weighted by Crippen LogP contribution is 2.38. The van der Waals surface area contributed by atoms with E-state index in [0.717, 1.165) is 11.1 Å². The Kier molecular flexibility index (Phi) is 6.74. The number of carbonyl (C=O) groups is 2. The predicted molar refractivity (Wildman–Crippen MR) is 120 cm³/mol. The molecule has 0 saturated carbocycles. The van der Waals surface area contributed by atoms with Crippen LogP contribution in [0.1, 0.15) is 23.6 Å². The highest BCUT2D eigenvalue weighted by atomic mass is 35.5. The van der Waals surface area contributed by atoms with Gasteiger partial charge in [-0.1, -0.05) is 41.4 Å². The van der Waals surface area contributed by atoms with Crippen molar-refractivity contribution in [2.75, 3.05) is 13.7 Å². The van der Waals surface area contributed by atoms with Crippen LogP contribution in [0.3, 0.4) is 0 Å². The molecule has 156 valence electrons. The number of carbonyl (C=O) groups excluding carboxylic acids is 2. The number of thiocarbonyl (C=S) groups is 1. The van der Waals surface area contributed by atoms with Gasteiger partial charge in [0.2, 0.25) is 0 Å². The maximum Gasteiger partial charge on any atom is 0.265 e. The maximum absolute atomic E-state index is 12.4. The van der Waals surface area contributed by atoms with Crippen molar-refractivity contribution < 1.29 is 19.1 Å². The molecule has 2 aromatic carbocycles. The first-order valence-electron chi connectivity index (χ1n) is 9.30. The Morgan fingerprint density at radius 3 is 2.53 bits per heavy atom. The number of ether oxygens (including phenoxy) is 2. The zero-order valence-corrected chi connectivity index (χ0v) is 18.4. The van der Waals surface area contributed by atoms with Crippen molar-refractivity contribution in [3.05, 3.63) is 63.7 Å². The van der Waals surface area contributed by atoms with Crippen LogP contribution in [0.4, 0.5) is 0 Å². The van der Waals surface area contributed by atoms with Crippen molar-refractivity contribution in [3.8, 4) is 11.5 Å². The lowest BCUT2D eigenvalue weighted by Gasteiger charge is -2.25. The van der Waals surface area contributed by atoms with E-state index in [4.69, 9.17) is 33.3 Å². The predicted octanol–water partition coefficient (Wildman–Crippen LogP) is 3.88. The van der Waals surface area contributed by atoms with Crippen molar-refractivity contribution in [1.29, 1.82) is 0 Å². The molecule has 0 aromatic heterocycles. The van der Waals surface area contributed by atoms with Crippen LogP contribution in [-0.4, -0.2) is 35.5 Å². The van der Waals surface area contributed by atoms with Crippen LogP contribution < -0.4 is 14.8 Å². The van der Waals surface area contributed by atoms with E-state index in [-0.39, 0.29) is 10.7 Å². The zero-order valence-electron chi connectivity index (χ0n) is 16.8. The summed E-state index contributed by atoms with van der Waals surface area (Å²) in [6.07, 6.45) is 1.45. The minimum atomic E-state index is -0.558. The third-order valence-electron chi connectivity index (χ3n) is 4.45. The number of likely N-dealkylation sites (N-methyl/N-ethyl adjacent to an activating group) is 1. The van der Waals surface area contributed by atoms with Crippen molar-refractivity contribution in [3.63, 3.8) is 0 Å². The van der Waals surface area contributed by atoms with Crippen LogP contribution >= 0.6 is 23.8 Å². The van der Waals surface area contributed by atoms with Gasteiger partial charge in [0.25, 0.3) is 11.8 Å². The first kappa shape index (κ1) is 21.8. The van der Waals surface area contributed by atoms with E-state index < -0.39 is 11.8 Å². The van der Waals surface area contributed by atoms with E-state index in [1.165, 1.54) is 18.0 Å². The fourth-order valence-corrected chi connectivity index (χ4v) is 3.28. The lowest BCUT2D eigenvalue weighted by Crippen LogP contribution is -2.52. The van der Waals surface area contributed by atoms with Gasteiger partial charge >= 0.3 is 0 Å². The molecule has 3 rings (SSSR count). The number of hydrogen-bond donors (Lipinski definition) is 1. The van der Waals surface area contributed by atoms with E-state index in [1.807, 2.05) is 38.1 Å². The van der Waals surface area contributed by atoms with Crippen molar-refractivity contribution in [2.45, 2.75) is 20.5 Å². The second kappa shape index (κ2) is 9.28. The number of aryl methyl sites for hydroxylation is 1. The average molecular weight is 445 g/mol. The minimum Gasteiger partial charge on any atom is -0.490 e. The Bertz CT molecular complexity index is 1030. The van der Waals surface area contributed by atoms with Gasteiger partial charge in [-0.25, -0.2) is 0 Å². The summed E-state index contributed by atoms with van der Waals surface area (Å²) < 4.78 is 11.6. The molecule has 1 N–H and O–H groups in total. The van der Waals surface area contributed by atoms with Crippen LogP contribution in [0.25, 0.3) is 6.08 Å². The quantitative estimate of drug-likeness (QED) is 0.416. The third kappa shape index (κ3) is 4.80. The average Bonchev–Trinajstić information content (AvgIpc) is 2.70. The van der Waals surface area contributed by atoms with Gasteiger partial charge < -0.3 is 9.47 Å². The van der Waals surface area contributed by atoms with E-state index >= 15 is 0 Å². The summed E-state index contributed by atoms with van der Waals surface area (Å²) in [4.78, 5) is 25.8. The number of hydrogen-bond acceptors (Lipinski definition) is 5. The van der Waals surface area contributed by atoms with Gasteiger partial charge in [-0.3, -0.25) is 19.8 Å². The molecule has 6 nitrogen and oxygen atoms in total. The Morgan fingerprint density at radius 1 is 1.17 bits per heavy atom. The molecule has 0 spiro atoms. The van der Waals surface area contributed by atoms with E-state index in [9.17, 15) is 9.59 Å². The Hall–Kier alpha value is -2.90. The summed E-state index contributed by atoms with van der Waals surface area (Å²) in [6, 6.07) is 11.3. The summed E-state index contributed by atoms with van der Waals surface area (Å²) in [7, 11) is 1.50. The van der Waals surface area contributed by atoms with Gasteiger partial charge in [0.15, 0.2) is 16.6 Å². The monoisotopic (exact) mass is 444 g/mol. The Balaban J connectivity index is 1.90. The summed E-state index contributed by atoms with van der Waals surface area (Å²) in [5, 5.41) is 2.86. The molecule has 1 heterocycles. The number of amides is 2. The molecule has 0 bridgehead atoms. The molecule has 30 heavy (non-hydrogen) atoms. The molecule has 0 unspecified atom stereocenters. The SMILES string of the molecule is CCOc1cc(/C=C2\C(=O)NC(=S)N(C)C2=O)cc(Cl)c1OCc1ccc(C)cc1. The summed E-state index contributed by atoms with van der Waals surface area (Å²) in [6.45, 7) is 4.58. The minimum absolute atomic E-state index is 0.0436. The fourth-order valence-electron chi connectivity index (χ4n) is 2.83. The molecule has 2 amide bonds. The topological polar surface area (TPSA) is 67.9 Å². The fraction of sp³-hybridized carbons (Fsp3) is 0.227. The number of rotatable bonds is 6. The molecule has 0 radical (unpaired) electrons. The largest absolute Gasteiger partial charge is 0.490 e. The molecule has 0 aliphatic carbocycles. The highest BCUT2D eigenvalue weighted by molar-refractivity contribution is 7.80. The first-order valence-corrected chi connectivity index (χ1v) is 10.1. The molecule has 1 aliphatic rings. The number of benzene rings is 2. The van der Waals surface area contributed by atoms with Crippen LogP contribution in [0, 0.1) is 6.92 Å². The second-order valence-corrected chi connectivity index (χ2v) is 7.51. The van der Waals surface area contributed by atoms with Crippen molar-refractivity contribution >= 4 is 46.8 Å². The van der Waals surface area contributed by atoms with Gasteiger partial charge in [-0.05, 0) is 55.4 Å². The summed E-state index contributed by atoms with van der Waals surface area (Å²) in [5.74, 6) is -0.218. The van der Waals surface area contributed by atoms with Gasteiger partial charge in [-0.15, -0.1) is 0 Å². The van der Waals surface area contributed by atoms with E-state index in [2.05, 4.69) is 5.32 Å². The molecule has 1 fully saturated rings. The molecule has 1 saturated heterocycles. The Morgan fingerprint density at radius 2 is 1.87 bits per heavy atom. The van der Waals surface area contributed by atoms with Gasteiger partial charge in [0.05, 0.1) is 11.6 Å². The molecular weight excluding hydrogens is 424 g/mol. The lowest BCUT2D eigenvalue weighted by atomic mass is 10.1.